The number of nitrogens with zero attached hydrogens (tertiary/aromatic N) is 2. The van der Waals surface area contributed by atoms with Crippen molar-refractivity contribution < 1.29 is 30.0 Å². The van der Waals surface area contributed by atoms with Crippen molar-refractivity contribution in [2.24, 2.45) is 0 Å². The van der Waals surface area contributed by atoms with Crippen LogP contribution < -0.4 is 0 Å². The summed E-state index contributed by atoms with van der Waals surface area (Å²) in [6.07, 6.45) is 3.41. The smallest absolute Gasteiger partial charge is 0.120 e. The van der Waals surface area contributed by atoms with Crippen LogP contribution in [-0.2, 0) is 20.1 Å². The van der Waals surface area contributed by atoms with E-state index >= 15 is 0 Å². The average Bonchev–Trinajstić information content (AvgIpc) is 3.54. The van der Waals surface area contributed by atoms with Crippen LogP contribution in [0.25, 0.3) is 55.6 Å². The van der Waals surface area contributed by atoms with Gasteiger partial charge in [-0.05, 0) is 53.0 Å². The van der Waals surface area contributed by atoms with E-state index < -0.39 is 12.7 Å². The van der Waals surface area contributed by atoms with Crippen molar-refractivity contribution in [1.82, 2.24) is 9.97 Å². The van der Waals surface area contributed by atoms with Crippen molar-refractivity contribution in [3.05, 3.63) is 181 Å². The van der Waals surface area contributed by atoms with Crippen molar-refractivity contribution in [2.45, 2.75) is 19.7 Å². The molecule has 3 aromatic heterocycles. The third kappa shape index (κ3) is 7.00. The molecule has 0 saturated carbocycles. The number of hydrogen-bond acceptors (Lipinski definition) is 3. The van der Waals surface area contributed by atoms with Gasteiger partial charge in [-0.1, -0.05) is 109 Å². The quantitative estimate of drug-likeness (QED) is 0.163. The van der Waals surface area contributed by atoms with Crippen LogP contribution >= 0.6 is 0 Å². The third-order valence-electron chi connectivity index (χ3n) is 7.97. The molecule has 1 unspecified atom stereocenters. The number of fused-ring (bicyclic) bond motifs is 3. The molecular weight excluding hydrogens is 753 g/mol. The standard InChI is InChI=1S/C24H16NO.C19H16N.Ir/c1-16-13-22(25-15-21(16)17-7-3-2-4-8-17)18-11-12-24-20(14-18)19-9-5-6-10-23(19)26-24;1-15(16-7-3-2-4-8-16)17-10-12-18(13-11-17)19-9-5-6-14-20-19;/h2-10,12-15H,1H3;2-12,14-15H,1H3;/q2*-1;/i1D3;15D;. The molecule has 0 aliphatic heterocycles. The molecule has 8 aromatic rings. The Morgan fingerprint density at radius 1 is 0.660 bits per heavy atom. The molecule has 3 nitrogen and oxygen atoms in total. The van der Waals surface area contributed by atoms with Crippen molar-refractivity contribution in [2.75, 3.05) is 0 Å². The third-order valence-corrected chi connectivity index (χ3v) is 7.97. The van der Waals surface area contributed by atoms with Crippen LogP contribution in [0.1, 0.15) is 35.0 Å². The molecule has 0 fully saturated rings. The van der Waals surface area contributed by atoms with Gasteiger partial charge >= 0.3 is 0 Å². The SMILES string of the molecule is [2H]C(C)(c1c[c-]c(-c2ccccn2)cc1)c1ccccc1.[2H]C([2H])([2H])c1cc(-c2[c-]cc3oc4ccccc4c3c2)ncc1-c1ccccc1.[Ir]. The number of aryl methyl sites for hydroxylation is 1. The van der Waals surface area contributed by atoms with Crippen LogP contribution in [-0.4, -0.2) is 9.97 Å². The monoisotopic (exact) mass is 789 g/mol. The molecule has 4 heteroatoms. The Labute approximate surface area is 295 Å². The Balaban J connectivity index is 0.000000181. The Morgan fingerprint density at radius 3 is 2.15 bits per heavy atom. The first-order chi connectivity index (χ1) is 24.2. The van der Waals surface area contributed by atoms with Gasteiger partial charge in [-0.2, -0.15) is 0 Å². The van der Waals surface area contributed by atoms with Gasteiger partial charge in [-0.25, -0.2) is 0 Å². The number of para-hydroxylation sites is 1. The van der Waals surface area contributed by atoms with E-state index in [2.05, 4.69) is 22.1 Å². The summed E-state index contributed by atoms with van der Waals surface area (Å²) in [5.41, 5.74) is 8.32. The van der Waals surface area contributed by atoms with E-state index in [-0.39, 0.29) is 25.7 Å². The zero-order valence-electron chi connectivity index (χ0n) is 29.6. The van der Waals surface area contributed by atoms with E-state index in [9.17, 15) is 0 Å². The van der Waals surface area contributed by atoms with Gasteiger partial charge in [0.2, 0.25) is 0 Å². The van der Waals surface area contributed by atoms with Gasteiger partial charge < -0.3 is 14.4 Å². The number of pyridine rings is 2. The van der Waals surface area contributed by atoms with Gasteiger partial charge in [0.1, 0.15) is 5.58 Å². The molecule has 0 N–H and O–H groups in total. The van der Waals surface area contributed by atoms with Crippen molar-refractivity contribution in [3.63, 3.8) is 0 Å². The summed E-state index contributed by atoms with van der Waals surface area (Å²) >= 11 is 0. The summed E-state index contributed by atoms with van der Waals surface area (Å²) in [6, 6.07) is 50.7. The summed E-state index contributed by atoms with van der Waals surface area (Å²) in [4.78, 5) is 8.88. The number of aromatic nitrogens is 2. The Hall–Kier alpha value is -5.15. The number of furan rings is 1. The van der Waals surface area contributed by atoms with Crippen LogP contribution in [0.3, 0.4) is 0 Å². The normalized spacial score (nSPS) is 13.6. The van der Waals surface area contributed by atoms with Crippen LogP contribution in [0.4, 0.5) is 0 Å². The Kier molecular flexibility index (Phi) is 8.34. The van der Waals surface area contributed by atoms with Gasteiger partial charge in [0.05, 0.1) is 5.58 Å². The second-order valence-corrected chi connectivity index (χ2v) is 10.9. The summed E-state index contributed by atoms with van der Waals surface area (Å²) in [6.45, 7) is -0.346. The zero-order valence-corrected chi connectivity index (χ0v) is 28.0. The first kappa shape index (κ1) is 27.0. The molecule has 0 spiro atoms. The number of hydrogen-bond donors (Lipinski definition) is 0. The maximum atomic E-state index is 8.65. The Bertz CT molecular complexity index is 2380. The molecule has 5 aromatic carbocycles. The molecule has 0 amide bonds. The van der Waals surface area contributed by atoms with Gasteiger partial charge in [0.25, 0.3) is 0 Å². The predicted octanol–water partition coefficient (Wildman–Crippen LogP) is 11.1. The molecule has 0 bridgehead atoms. The molecule has 1 radical (unpaired) electrons. The maximum absolute atomic E-state index is 8.65. The molecular formula is C43H32IrN2O-2. The van der Waals surface area contributed by atoms with E-state index in [0.717, 1.165) is 55.4 Å². The average molecular weight is 789 g/mol. The van der Waals surface area contributed by atoms with Crippen LogP contribution in [0.15, 0.2) is 156 Å². The van der Waals surface area contributed by atoms with Crippen LogP contribution in [0.2, 0.25) is 0 Å². The minimum Gasteiger partial charge on any atom is -0.500 e. The van der Waals surface area contributed by atoms with Gasteiger partial charge in [0.15, 0.2) is 0 Å². The molecule has 0 aliphatic carbocycles. The van der Waals surface area contributed by atoms with E-state index in [0.29, 0.717) is 11.3 Å². The maximum Gasteiger partial charge on any atom is 0.120 e. The summed E-state index contributed by atoms with van der Waals surface area (Å²) in [5.74, 6) is -0.777. The molecule has 47 heavy (non-hydrogen) atoms. The molecule has 0 aliphatic rings. The molecule has 3 heterocycles. The second kappa shape index (κ2) is 14.5. The molecule has 1 atom stereocenters. The zero-order chi connectivity index (χ0) is 34.7. The predicted molar refractivity (Wildman–Crippen MR) is 188 cm³/mol. The Morgan fingerprint density at radius 2 is 1.40 bits per heavy atom. The summed E-state index contributed by atoms with van der Waals surface area (Å²) in [7, 11) is 0. The first-order valence-electron chi connectivity index (χ1n) is 17.1. The van der Waals surface area contributed by atoms with E-state index in [1.807, 2.05) is 134 Å². The molecule has 8 rings (SSSR count). The summed E-state index contributed by atoms with van der Waals surface area (Å²) in [5, 5.41) is 1.97. The number of rotatable bonds is 5. The van der Waals surface area contributed by atoms with Crippen LogP contribution in [0, 0.1) is 19.0 Å². The van der Waals surface area contributed by atoms with Crippen molar-refractivity contribution in [3.8, 4) is 33.6 Å². The van der Waals surface area contributed by atoms with E-state index in [1.165, 1.54) is 0 Å². The van der Waals surface area contributed by atoms with Crippen molar-refractivity contribution in [1.29, 1.82) is 0 Å². The fraction of sp³-hybridized carbons (Fsp3) is 0.0698. The fourth-order valence-corrected chi connectivity index (χ4v) is 5.46. The second-order valence-electron chi connectivity index (χ2n) is 10.9. The fourth-order valence-electron chi connectivity index (χ4n) is 5.46. The van der Waals surface area contributed by atoms with Gasteiger partial charge in [0, 0.05) is 48.9 Å². The minimum absolute atomic E-state index is 0. The first-order valence-corrected chi connectivity index (χ1v) is 15.1. The van der Waals surface area contributed by atoms with E-state index in [4.69, 9.17) is 9.90 Å². The minimum atomic E-state index is -2.25. The largest absolute Gasteiger partial charge is 0.500 e. The van der Waals surface area contributed by atoms with Crippen molar-refractivity contribution >= 4 is 21.9 Å². The van der Waals surface area contributed by atoms with Gasteiger partial charge in [-0.15, -0.1) is 59.2 Å². The molecule has 0 saturated heterocycles. The van der Waals surface area contributed by atoms with Crippen LogP contribution in [0.5, 0.6) is 0 Å². The molecule has 231 valence electrons. The topological polar surface area (TPSA) is 38.9 Å². The van der Waals surface area contributed by atoms with E-state index in [1.54, 1.807) is 24.5 Å². The number of benzene rings is 5. The van der Waals surface area contributed by atoms with Gasteiger partial charge in [-0.3, -0.25) is 0 Å². The summed E-state index contributed by atoms with van der Waals surface area (Å²) < 4.78 is 38.6.